The van der Waals surface area contributed by atoms with E-state index in [2.05, 4.69) is 24.4 Å². The Hall–Kier alpha value is -2.82. The third-order valence-corrected chi connectivity index (χ3v) is 3.94. The van der Waals surface area contributed by atoms with Crippen LogP contribution in [-0.4, -0.2) is 25.8 Å². The summed E-state index contributed by atoms with van der Waals surface area (Å²) in [6.45, 7) is 4.19. The monoisotopic (exact) mass is 340 g/mol. The molecule has 1 N–H and O–H groups in total. The molecule has 0 fully saturated rings. The van der Waals surface area contributed by atoms with Crippen molar-refractivity contribution in [3.05, 3.63) is 59.7 Å². The van der Waals surface area contributed by atoms with Gasteiger partial charge in [-0.05, 0) is 53.8 Å². The molecule has 2 aromatic carbocycles. The molecule has 0 saturated carbocycles. The van der Waals surface area contributed by atoms with Gasteiger partial charge in [-0.15, -0.1) is 0 Å². The number of nitrogens with zero attached hydrogens (tertiary/aromatic N) is 1. The summed E-state index contributed by atoms with van der Waals surface area (Å²) < 4.78 is 10.7. The zero-order valence-electron chi connectivity index (χ0n) is 14.9. The Labute approximate surface area is 148 Å². The summed E-state index contributed by atoms with van der Waals surface area (Å²) >= 11 is 0. The Bertz CT molecular complexity index is 711. The fourth-order valence-electron chi connectivity index (χ4n) is 2.28. The number of para-hydroxylation sites is 1. The van der Waals surface area contributed by atoms with Gasteiger partial charge in [0.15, 0.2) is 6.61 Å². The number of methoxy groups -OCH3 is 1. The molecule has 0 saturated heterocycles. The first kappa shape index (κ1) is 18.5. The van der Waals surface area contributed by atoms with Crippen molar-refractivity contribution in [2.45, 2.75) is 26.2 Å². The Morgan fingerprint density at radius 1 is 1.20 bits per heavy atom. The van der Waals surface area contributed by atoms with Crippen LogP contribution in [0.5, 0.6) is 11.5 Å². The molecule has 25 heavy (non-hydrogen) atoms. The molecular formula is C20H24N2O3. The van der Waals surface area contributed by atoms with Gasteiger partial charge in [-0.1, -0.05) is 32.0 Å². The third-order valence-electron chi connectivity index (χ3n) is 3.94. The maximum atomic E-state index is 11.9. The first-order chi connectivity index (χ1) is 12.1. The highest BCUT2D eigenvalue weighted by atomic mass is 16.5. The van der Waals surface area contributed by atoms with Gasteiger partial charge >= 0.3 is 0 Å². The lowest BCUT2D eigenvalue weighted by Gasteiger charge is -2.15. The molecule has 2 aromatic rings. The molecule has 0 heterocycles. The predicted octanol–water partition coefficient (Wildman–Crippen LogP) is 3.74. The zero-order valence-corrected chi connectivity index (χ0v) is 14.9. The second-order valence-corrected chi connectivity index (χ2v) is 5.70. The molecule has 132 valence electrons. The van der Waals surface area contributed by atoms with Crippen LogP contribution in [0, 0.1) is 0 Å². The first-order valence-corrected chi connectivity index (χ1v) is 8.31. The summed E-state index contributed by atoms with van der Waals surface area (Å²) in [6.07, 6.45) is 2.59. The molecule has 1 atom stereocenters. The second kappa shape index (κ2) is 9.47. The number of ether oxygens (including phenoxy) is 2. The summed E-state index contributed by atoms with van der Waals surface area (Å²) in [5.74, 6) is 1.59. The molecule has 0 bridgehead atoms. The van der Waals surface area contributed by atoms with Crippen LogP contribution in [0.4, 0.5) is 0 Å². The van der Waals surface area contributed by atoms with E-state index in [1.807, 2.05) is 48.5 Å². The summed E-state index contributed by atoms with van der Waals surface area (Å²) in [4.78, 5) is 11.9. The van der Waals surface area contributed by atoms with E-state index in [0.29, 0.717) is 5.92 Å². The highest BCUT2D eigenvalue weighted by Gasteiger charge is 2.10. The van der Waals surface area contributed by atoms with Crippen LogP contribution in [0.1, 0.15) is 37.3 Å². The van der Waals surface area contributed by atoms with Crippen molar-refractivity contribution >= 4 is 12.1 Å². The van der Waals surface area contributed by atoms with Crippen LogP contribution < -0.4 is 14.9 Å². The van der Waals surface area contributed by atoms with Crippen molar-refractivity contribution in [3.63, 3.8) is 0 Å². The van der Waals surface area contributed by atoms with Crippen LogP contribution in [0.3, 0.4) is 0 Å². The summed E-state index contributed by atoms with van der Waals surface area (Å²) in [7, 11) is 1.61. The van der Waals surface area contributed by atoms with Gasteiger partial charge in [0.25, 0.3) is 5.91 Å². The van der Waals surface area contributed by atoms with Crippen molar-refractivity contribution < 1.29 is 14.3 Å². The predicted molar refractivity (Wildman–Crippen MR) is 99.4 cm³/mol. The number of hydrogen-bond acceptors (Lipinski definition) is 4. The Balaban J connectivity index is 1.85. The minimum atomic E-state index is -0.302. The molecule has 0 aliphatic heterocycles. The Morgan fingerprint density at radius 2 is 1.92 bits per heavy atom. The molecule has 1 amide bonds. The van der Waals surface area contributed by atoms with Crippen LogP contribution in [0.15, 0.2) is 53.6 Å². The van der Waals surface area contributed by atoms with Gasteiger partial charge < -0.3 is 9.47 Å². The number of rotatable bonds is 8. The van der Waals surface area contributed by atoms with Crippen molar-refractivity contribution in [2.24, 2.45) is 5.10 Å². The zero-order chi connectivity index (χ0) is 18.1. The summed E-state index contributed by atoms with van der Waals surface area (Å²) in [5, 5.41) is 3.94. The van der Waals surface area contributed by atoms with E-state index in [-0.39, 0.29) is 12.5 Å². The molecular weight excluding hydrogens is 316 g/mol. The molecule has 0 radical (unpaired) electrons. The summed E-state index contributed by atoms with van der Waals surface area (Å²) in [6, 6.07) is 15.2. The minimum Gasteiger partial charge on any atom is -0.497 e. The molecule has 0 spiro atoms. The number of carbonyl (C=O) groups is 1. The molecule has 5 nitrogen and oxygen atoms in total. The Kier molecular flexibility index (Phi) is 7.01. The number of benzene rings is 2. The van der Waals surface area contributed by atoms with Gasteiger partial charge in [-0.2, -0.15) is 5.10 Å². The van der Waals surface area contributed by atoms with E-state index < -0.39 is 0 Å². The average molecular weight is 340 g/mol. The van der Waals surface area contributed by atoms with Gasteiger partial charge in [-0.25, -0.2) is 5.43 Å². The van der Waals surface area contributed by atoms with Crippen molar-refractivity contribution in [1.29, 1.82) is 0 Å². The van der Waals surface area contributed by atoms with Gasteiger partial charge in [0.1, 0.15) is 11.5 Å². The number of nitrogens with one attached hydrogen (secondary N) is 1. The normalized spacial score (nSPS) is 12.0. The van der Waals surface area contributed by atoms with E-state index in [4.69, 9.17) is 9.47 Å². The van der Waals surface area contributed by atoms with Crippen LogP contribution >= 0.6 is 0 Å². The SMILES string of the molecule is CCC(C)c1ccccc1OCC(=O)N/N=C/c1ccc(OC)cc1. The highest BCUT2D eigenvalue weighted by molar-refractivity contribution is 5.83. The number of amides is 1. The fourth-order valence-corrected chi connectivity index (χ4v) is 2.28. The van der Waals surface area contributed by atoms with Crippen LogP contribution in [0.2, 0.25) is 0 Å². The number of hydrazone groups is 1. The lowest BCUT2D eigenvalue weighted by atomic mass is 9.98. The molecule has 5 heteroatoms. The van der Waals surface area contributed by atoms with E-state index in [0.717, 1.165) is 29.0 Å². The average Bonchev–Trinajstić information content (AvgIpc) is 2.66. The van der Waals surface area contributed by atoms with Crippen LogP contribution in [0.25, 0.3) is 0 Å². The molecule has 0 aliphatic carbocycles. The molecule has 2 rings (SSSR count). The maximum Gasteiger partial charge on any atom is 0.277 e. The number of carbonyl (C=O) groups excluding carboxylic acids is 1. The maximum absolute atomic E-state index is 11.9. The van der Waals surface area contributed by atoms with Gasteiger partial charge in [0.05, 0.1) is 13.3 Å². The molecule has 1 unspecified atom stereocenters. The van der Waals surface area contributed by atoms with Gasteiger partial charge in [-0.3, -0.25) is 4.79 Å². The highest BCUT2D eigenvalue weighted by Crippen LogP contribution is 2.28. The van der Waals surface area contributed by atoms with E-state index >= 15 is 0 Å². The van der Waals surface area contributed by atoms with E-state index in [1.165, 1.54) is 0 Å². The van der Waals surface area contributed by atoms with E-state index in [1.54, 1.807) is 13.3 Å². The molecule has 0 aliphatic rings. The number of hydrogen-bond donors (Lipinski definition) is 1. The Morgan fingerprint density at radius 3 is 2.60 bits per heavy atom. The van der Waals surface area contributed by atoms with Crippen molar-refractivity contribution in [1.82, 2.24) is 5.43 Å². The standard InChI is InChI=1S/C20H24N2O3/c1-4-15(2)18-7-5-6-8-19(18)25-14-20(23)22-21-13-16-9-11-17(24-3)12-10-16/h5-13,15H,4,14H2,1-3H3,(H,22,23)/b21-13+. The van der Waals surface area contributed by atoms with Crippen LogP contribution in [-0.2, 0) is 4.79 Å². The smallest absolute Gasteiger partial charge is 0.277 e. The van der Waals surface area contributed by atoms with Gasteiger partial charge in [0.2, 0.25) is 0 Å². The first-order valence-electron chi connectivity index (χ1n) is 8.31. The van der Waals surface area contributed by atoms with E-state index in [9.17, 15) is 4.79 Å². The fraction of sp³-hybridized carbons (Fsp3) is 0.300. The lowest BCUT2D eigenvalue weighted by molar-refractivity contribution is -0.123. The van der Waals surface area contributed by atoms with Gasteiger partial charge in [0, 0.05) is 0 Å². The quantitative estimate of drug-likeness (QED) is 0.588. The summed E-state index contributed by atoms with van der Waals surface area (Å²) in [5.41, 5.74) is 4.44. The molecule has 0 aromatic heterocycles. The lowest BCUT2D eigenvalue weighted by Crippen LogP contribution is -2.24. The second-order valence-electron chi connectivity index (χ2n) is 5.70. The van der Waals surface area contributed by atoms with Crippen molar-refractivity contribution in [2.75, 3.05) is 13.7 Å². The largest absolute Gasteiger partial charge is 0.497 e. The minimum absolute atomic E-state index is 0.0760. The third kappa shape index (κ3) is 5.64. The topological polar surface area (TPSA) is 59.9 Å². The van der Waals surface area contributed by atoms with Crippen molar-refractivity contribution in [3.8, 4) is 11.5 Å².